The first-order valence-corrected chi connectivity index (χ1v) is 6.52. The van der Waals surface area contributed by atoms with Crippen LogP contribution in [0.3, 0.4) is 0 Å². The molecule has 0 saturated heterocycles. The SMILES string of the molecule is O=C(O)CCc1ccnn1-c1ccc(Cl)c(Cl)c1Cl. The fraction of sp³-hybridized carbons (Fsp3) is 0.167. The van der Waals surface area contributed by atoms with E-state index in [2.05, 4.69) is 5.10 Å². The van der Waals surface area contributed by atoms with E-state index in [9.17, 15) is 4.79 Å². The molecule has 0 atom stereocenters. The largest absolute Gasteiger partial charge is 0.481 e. The highest BCUT2D eigenvalue weighted by atomic mass is 35.5. The summed E-state index contributed by atoms with van der Waals surface area (Å²) in [6, 6.07) is 5.04. The number of hydrogen-bond acceptors (Lipinski definition) is 2. The van der Waals surface area contributed by atoms with Gasteiger partial charge >= 0.3 is 5.97 Å². The number of carboxylic acids is 1. The van der Waals surface area contributed by atoms with Gasteiger partial charge in [-0.25, -0.2) is 4.68 Å². The molecule has 100 valence electrons. The summed E-state index contributed by atoms with van der Waals surface area (Å²) >= 11 is 18.0. The van der Waals surface area contributed by atoms with Crippen molar-refractivity contribution in [2.24, 2.45) is 0 Å². The van der Waals surface area contributed by atoms with Crippen molar-refractivity contribution in [1.82, 2.24) is 9.78 Å². The standard InChI is InChI=1S/C12H9Cl3N2O2/c13-8-2-3-9(12(15)11(8)14)17-7(5-6-16-17)1-4-10(18)19/h2-3,5-6H,1,4H2,(H,18,19). The molecule has 0 aliphatic rings. The number of carboxylic acid groups (broad SMARTS) is 1. The van der Waals surface area contributed by atoms with Crippen molar-refractivity contribution in [3.63, 3.8) is 0 Å². The monoisotopic (exact) mass is 318 g/mol. The van der Waals surface area contributed by atoms with E-state index in [0.717, 1.165) is 5.69 Å². The van der Waals surface area contributed by atoms with E-state index in [1.54, 1.807) is 29.1 Å². The van der Waals surface area contributed by atoms with Gasteiger partial charge in [0.15, 0.2) is 0 Å². The zero-order valence-corrected chi connectivity index (χ0v) is 11.9. The Morgan fingerprint density at radius 2 is 1.95 bits per heavy atom. The number of nitrogens with zero attached hydrogens (tertiary/aromatic N) is 2. The van der Waals surface area contributed by atoms with Gasteiger partial charge < -0.3 is 5.11 Å². The summed E-state index contributed by atoms with van der Waals surface area (Å²) in [4.78, 5) is 10.6. The van der Waals surface area contributed by atoms with Gasteiger partial charge in [0.25, 0.3) is 0 Å². The molecule has 0 saturated carbocycles. The number of benzene rings is 1. The predicted octanol–water partition coefficient (Wildman–Crippen LogP) is 3.85. The van der Waals surface area contributed by atoms with E-state index in [4.69, 9.17) is 39.9 Å². The zero-order valence-electron chi connectivity index (χ0n) is 9.61. The molecule has 2 rings (SSSR count). The lowest BCUT2D eigenvalue weighted by Gasteiger charge is -2.10. The molecular formula is C12H9Cl3N2O2. The maximum atomic E-state index is 10.6. The summed E-state index contributed by atoms with van der Waals surface area (Å²) in [6.07, 6.45) is 1.95. The van der Waals surface area contributed by atoms with E-state index in [-0.39, 0.29) is 16.5 Å². The molecule has 0 amide bonds. The first-order chi connectivity index (χ1) is 9.00. The molecular weight excluding hydrogens is 311 g/mol. The molecule has 7 heteroatoms. The van der Waals surface area contributed by atoms with Gasteiger partial charge in [-0.15, -0.1) is 0 Å². The van der Waals surface area contributed by atoms with Gasteiger partial charge in [-0.3, -0.25) is 4.79 Å². The van der Waals surface area contributed by atoms with Crippen LogP contribution in [0.4, 0.5) is 0 Å². The molecule has 0 bridgehead atoms. The number of aliphatic carboxylic acids is 1. The van der Waals surface area contributed by atoms with Crippen molar-refractivity contribution in [2.45, 2.75) is 12.8 Å². The lowest BCUT2D eigenvalue weighted by molar-refractivity contribution is -0.136. The molecule has 1 N–H and O–H groups in total. The zero-order chi connectivity index (χ0) is 14.0. The van der Waals surface area contributed by atoms with Crippen LogP contribution in [0.2, 0.25) is 15.1 Å². The molecule has 19 heavy (non-hydrogen) atoms. The van der Waals surface area contributed by atoms with E-state index in [0.29, 0.717) is 17.1 Å². The number of rotatable bonds is 4. The molecule has 4 nitrogen and oxygen atoms in total. The Labute approximate surface area is 124 Å². The topological polar surface area (TPSA) is 55.1 Å². The fourth-order valence-electron chi connectivity index (χ4n) is 1.65. The molecule has 0 fully saturated rings. The molecule has 0 unspecified atom stereocenters. The molecule has 0 radical (unpaired) electrons. The fourth-order valence-corrected chi connectivity index (χ4v) is 2.26. The highest BCUT2D eigenvalue weighted by molar-refractivity contribution is 6.48. The van der Waals surface area contributed by atoms with Crippen molar-refractivity contribution in [2.75, 3.05) is 0 Å². The minimum atomic E-state index is -0.868. The summed E-state index contributed by atoms with van der Waals surface area (Å²) in [5.74, 6) is -0.868. The second kappa shape index (κ2) is 5.82. The van der Waals surface area contributed by atoms with E-state index >= 15 is 0 Å². The molecule has 1 aromatic carbocycles. The van der Waals surface area contributed by atoms with Crippen LogP contribution in [0.5, 0.6) is 0 Å². The van der Waals surface area contributed by atoms with Crippen LogP contribution in [-0.4, -0.2) is 20.9 Å². The third-order valence-corrected chi connectivity index (χ3v) is 3.84. The van der Waals surface area contributed by atoms with Gasteiger partial charge in [0, 0.05) is 18.3 Å². The Morgan fingerprint density at radius 3 is 2.63 bits per heavy atom. The highest BCUT2D eigenvalue weighted by Gasteiger charge is 2.14. The first kappa shape index (κ1) is 14.2. The quantitative estimate of drug-likeness (QED) is 0.871. The smallest absolute Gasteiger partial charge is 0.303 e. The Morgan fingerprint density at radius 1 is 1.21 bits per heavy atom. The van der Waals surface area contributed by atoms with E-state index < -0.39 is 5.97 Å². The third kappa shape index (κ3) is 3.03. The lowest BCUT2D eigenvalue weighted by Crippen LogP contribution is -2.06. The van der Waals surface area contributed by atoms with Gasteiger partial charge in [-0.05, 0) is 18.2 Å². The van der Waals surface area contributed by atoms with Crippen LogP contribution in [-0.2, 0) is 11.2 Å². The molecule has 0 aliphatic heterocycles. The van der Waals surface area contributed by atoms with E-state index in [1.807, 2.05) is 0 Å². The minimum Gasteiger partial charge on any atom is -0.481 e. The van der Waals surface area contributed by atoms with Crippen LogP contribution in [0.25, 0.3) is 5.69 Å². The second-order valence-corrected chi connectivity index (χ2v) is 4.99. The summed E-state index contributed by atoms with van der Waals surface area (Å²) in [5.41, 5.74) is 1.31. The van der Waals surface area contributed by atoms with Crippen LogP contribution >= 0.6 is 34.8 Å². The third-order valence-electron chi connectivity index (χ3n) is 2.56. The molecule has 2 aromatic rings. The van der Waals surface area contributed by atoms with Crippen LogP contribution < -0.4 is 0 Å². The van der Waals surface area contributed by atoms with Crippen molar-refractivity contribution in [1.29, 1.82) is 0 Å². The van der Waals surface area contributed by atoms with Crippen molar-refractivity contribution >= 4 is 40.8 Å². The lowest BCUT2D eigenvalue weighted by atomic mass is 10.2. The van der Waals surface area contributed by atoms with Gasteiger partial charge in [0.2, 0.25) is 0 Å². The number of carbonyl (C=O) groups is 1. The summed E-state index contributed by atoms with van der Waals surface area (Å²) < 4.78 is 1.56. The predicted molar refractivity (Wildman–Crippen MR) is 74.6 cm³/mol. The average molecular weight is 320 g/mol. The van der Waals surface area contributed by atoms with Crippen LogP contribution in [0.15, 0.2) is 24.4 Å². The summed E-state index contributed by atoms with van der Waals surface area (Å²) in [6.45, 7) is 0. The molecule has 0 aliphatic carbocycles. The molecule has 1 aromatic heterocycles. The maximum absolute atomic E-state index is 10.6. The Balaban J connectivity index is 2.40. The Hall–Kier alpha value is -1.23. The van der Waals surface area contributed by atoms with Crippen molar-refractivity contribution < 1.29 is 9.90 Å². The van der Waals surface area contributed by atoms with Gasteiger partial charge in [-0.1, -0.05) is 34.8 Å². The van der Waals surface area contributed by atoms with Crippen molar-refractivity contribution in [3.05, 3.63) is 45.2 Å². The second-order valence-electron chi connectivity index (χ2n) is 3.82. The van der Waals surface area contributed by atoms with Gasteiger partial charge in [-0.2, -0.15) is 5.10 Å². The molecule has 1 heterocycles. The first-order valence-electron chi connectivity index (χ1n) is 5.39. The maximum Gasteiger partial charge on any atom is 0.303 e. The number of hydrogen-bond donors (Lipinski definition) is 1. The van der Waals surface area contributed by atoms with Gasteiger partial charge in [0.1, 0.15) is 0 Å². The summed E-state index contributed by atoms with van der Waals surface area (Å²) in [7, 11) is 0. The Bertz CT molecular complexity index is 625. The minimum absolute atomic E-state index is 0.0185. The number of aromatic nitrogens is 2. The number of halogens is 3. The van der Waals surface area contributed by atoms with Crippen LogP contribution in [0.1, 0.15) is 12.1 Å². The Kier molecular flexibility index (Phi) is 4.34. The van der Waals surface area contributed by atoms with E-state index in [1.165, 1.54) is 0 Å². The average Bonchev–Trinajstić information content (AvgIpc) is 2.82. The highest BCUT2D eigenvalue weighted by Crippen LogP contribution is 2.34. The number of aryl methyl sites for hydroxylation is 1. The van der Waals surface area contributed by atoms with Crippen molar-refractivity contribution in [3.8, 4) is 5.69 Å². The molecule has 0 spiro atoms. The van der Waals surface area contributed by atoms with Crippen LogP contribution in [0, 0.1) is 0 Å². The summed E-state index contributed by atoms with van der Waals surface area (Å²) in [5, 5.41) is 13.7. The van der Waals surface area contributed by atoms with Gasteiger partial charge in [0.05, 0.1) is 27.2 Å². The normalized spacial score (nSPS) is 10.7.